The number of nitrogens with two attached hydrogens (primary N) is 2. The molecule has 0 saturated heterocycles. The summed E-state index contributed by atoms with van der Waals surface area (Å²) in [6.45, 7) is 5.42. The van der Waals surface area contributed by atoms with Crippen LogP contribution >= 0.6 is 0 Å². The Kier molecular flexibility index (Phi) is 7.15. The van der Waals surface area contributed by atoms with Gasteiger partial charge in [0, 0.05) is 5.57 Å². The van der Waals surface area contributed by atoms with Crippen LogP contribution in [0.2, 0.25) is 0 Å². The van der Waals surface area contributed by atoms with Crippen molar-refractivity contribution in [2.45, 2.75) is 32.2 Å². The molecule has 6 heteroatoms. The van der Waals surface area contributed by atoms with E-state index < -0.39 is 17.9 Å². The monoisotopic (exact) mass is 229 g/mol. The summed E-state index contributed by atoms with van der Waals surface area (Å²) < 4.78 is 0. The van der Waals surface area contributed by atoms with Crippen LogP contribution in [0.25, 0.3) is 0 Å². The Hall–Kier alpha value is -1.40. The average Bonchev–Trinajstić information content (AvgIpc) is 2.25. The second kappa shape index (κ2) is 7.84. The van der Waals surface area contributed by atoms with Crippen molar-refractivity contribution in [3.8, 4) is 0 Å². The number of carbonyl (C=O) groups is 2. The van der Waals surface area contributed by atoms with Crippen LogP contribution in [0.1, 0.15) is 26.2 Å². The lowest BCUT2D eigenvalue weighted by molar-refractivity contribution is -0.155. The Labute approximate surface area is 95.0 Å². The third-order valence-corrected chi connectivity index (χ3v) is 1.90. The zero-order chi connectivity index (χ0) is 12.6. The van der Waals surface area contributed by atoms with Crippen molar-refractivity contribution >= 4 is 11.9 Å². The molecule has 92 valence electrons. The van der Waals surface area contributed by atoms with Crippen LogP contribution in [0.15, 0.2) is 12.2 Å². The number of amides is 1. The van der Waals surface area contributed by atoms with E-state index in [0.717, 1.165) is 12.8 Å². The first-order valence-electron chi connectivity index (χ1n) is 5.11. The van der Waals surface area contributed by atoms with E-state index in [1.165, 1.54) is 6.92 Å². The summed E-state index contributed by atoms with van der Waals surface area (Å²) in [6, 6.07) is -0.690. The van der Waals surface area contributed by atoms with Crippen molar-refractivity contribution in [2.24, 2.45) is 11.5 Å². The highest BCUT2D eigenvalue weighted by Gasteiger charge is 2.14. The van der Waals surface area contributed by atoms with E-state index in [4.69, 9.17) is 11.5 Å². The summed E-state index contributed by atoms with van der Waals surface area (Å²) in [4.78, 5) is 26.7. The molecule has 0 aliphatic rings. The lowest BCUT2D eigenvalue weighted by Gasteiger charge is -2.11. The molecule has 1 atom stereocenters. The number of carbonyl (C=O) groups excluding carboxylic acids is 2. The highest BCUT2D eigenvalue weighted by molar-refractivity contribution is 5.89. The summed E-state index contributed by atoms with van der Waals surface area (Å²) in [5.74, 6) is -1.20. The van der Waals surface area contributed by atoms with Gasteiger partial charge in [0.05, 0.1) is 6.04 Å². The molecule has 6 nitrogen and oxygen atoms in total. The Morgan fingerprint density at radius 1 is 1.44 bits per heavy atom. The maximum atomic E-state index is 11.3. The fraction of sp³-hybridized carbons (Fsp3) is 0.600. The fourth-order valence-corrected chi connectivity index (χ4v) is 0.899. The highest BCUT2D eigenvalue weighted by Crippen LogP contribution is 1.98. The van der Waals surface area contributed by atoms with E-state index >= 15 is 0 Å². The topological polar surface area (TPSA) is 107 Å². The molecule has 0 radical (unpaired) electrons. The number of hydrogen-bond donors (Lipinski definition) is 3. The number of hydrogen-bond acceptors (Lipinski definition) is 5. The van der Waals surface area contributed by atoms with Crippen molar-refractivity contribution < 1.29 is 14.4 Å². The third-order valence-electron chi connectivity index (χ3n) is 1.90. The van der Waals surface area contributed by atoms with Crippen LogP contribution in [0.5, 0.6) is 0 Å². The van der Waals surface area contributed by atoms with E-state index in [-0.39, 0.29) is 5.57 Å². The van der Waals surface area contributed by atoms with Crippen LogP contribution in [0.3, 0.4) is 0 Å². The van der Waals surface area contributed by atoms with Gasteiger partial charge in [-0.25, -0.2) is 4.79 Å². The predicted octanol–water partition coefficient (Wildman–Crippen LogP) is -0.407. The Morgan fingerprint density at radius 3 is 2.56 bits per heavy atom. The lowest BCUT2D eigenvalue weighted by atomic mass is 10.1. The standard InChI is InChI=1S/C10H19N3O3/c1-7(2)10(15)16-13-9(14)8(12)5-3-4-6-11/h8H,1,3-6,11-12H2,2H3,(H,13,14)/t8-/m0/s1. The summed E-state index contributed by atoms with van der Waals surface area (Å²) in [6.07, 6.45) is 2.08. The Balaban J connectivity index is 3.79. The summed E-state index contributed by atoms with van der Waals surface area (Å²) in [5, 5.41) is 0. The van der Waals surface area contributed by atoms with Crippen LogP contribution in [-0.4, -0.2) is 24.5 Å². The third kappa shape index (κ3) is 6.15. The van der Waals surface area contributed by atoms with Crippen molar-refractivity contribution in [3.63, 3.8) is 0 Å². The van der Waals surface area contributed by atoms with Gasteiger partial charge in [0.25, 0.3) is 5.91 Å². The lowest BCUT2D eigenvalue weighted by Crippen LogP contribution is -2.41. The van der Waals surface area contributed by atoms with Gasteiger partial charge in [-0.05, 0) is 26.3 Å². The average molecular weight is 229 g/mol. The summed E-state index contributed by atoms with van der Waals surface area (Å²) in [7, 11) is 0. The Morgan fingerprint density at radius 2 is 2.06 bits per heavy atom. The largest absolute Gasteiger partial charge is 0.358 e. The van der Waals surface area contributed by atoms with Gasteiger partial charge in [-0.3, -0.25) is 4.79 Å². The van der Waals surface area contributed by atoms with Crippen LogP contribution in [0, 0.1) is 0 Å². The predicted molar refractivity (Wildman–Crippen MR) is 59.9 cm³/mol. The first-order valence-corrected chi connectivity index (χ1v) is 5.11. The van der Waals surface area contributed by atoms with Gasteiger partial charge in [-0.15, -0.1) is 0 Å². The minimum Gasteiger partial charge on any atom is -0.336 e. The van der Waals surface area contributed by atoms with Crippen LogP contribution in [0.4, 0.5) is 0 Å². The molecule has 0 aromatic carbocycles. The van der Waals surface area contributed by atoms with Gasteiger partial charge in [0.2, 0.25) is 0 Å². The molecule has 0 aromatic heterocycles. The number of nitrogens with one attached hydrogen (secondary N) is 1. The van der Waals surface area contributed by atoms with Crippen LogP contribution < -0.4 is 16.9 Å². The number of unbranched alkanes of at least 4 members (excludes halogenated alkanes) is 1. The van der Waals surface area contributed by atoms with Crippen molar-refractivity contribution in [1.29, 1.82) is 0 Å². The first-order chi connectivity index (χ1) is 7.49. The van der Waals surface area contributed by atoms with Crippen LogP contribution in [-0.2, 0) is 14.4 Å². The molecule has 16 heavy (non-hydrogen) atoms. The molecule has 0 aliphatic carbocycles. The molecule has 0 bridgehead atoms. The van der Waals surface area contributed by atoms with E-state index in [1.807, 2.05) is 5.48 Å². The molecular weight excluding hydrogens is 210 g/mol. The molecule has 0 heterocycles. The molecule has 0 unspecified atom stereocenters. The maximum absolute atomic E-state index is 11.3. The minimum absolute atomic E-state index is 0.206. The maximum Gasteiger partial charge on any atom is 0.358 e. The second-order valence-electron chi connectivity index (χ2n) is 3.53. The first kappa shape index (κ1) is 14.6. The molecule has 0 aliphatic heterocycles. The highest BCUT2D eigenvalue weighted by atomic mass is 16.7. The van der Waals surface area contributed by atoms with E-state index in [2.05, 4.69) is 11.4 Å². The van der Waals surface area contributed by atoms with Gasteiger partial charge in [0.15, 0.2) is 0 Å². The molecule has 5 N–H and O–H groups in total. The number of rotatable bonds is 6. The zero-order valence-electron chi connectivity index (χ0n) is 9.49. The zero-order valence-corrected chi connectivity index (χ0v) is 9.49. The SMILES string of the molecule is C=C(C)C(=O)ONC(=O)[C@@H](N)CCCCN. The van der Waals surface area contributed by atoms with Crippen molar-refractivity contribution in [1.82, 2.24) is 5.48 Å². The number of hydroxylamine groups is 1. The molecule has 0 rings (SSSR count). The molecule has 1 amide bonds. The molecule has 0 spiro atoms. The summed E-state index contributed by atoms with van der Waals surface area (Å²) >= 11 is 0. The van der Waals surface area contributed by atoms with Gasteiger partial charge < -0.3 is 16.3 Å². The van der Waals surface area contributed by atoms with Gasteiger partial charge in [-0.2, -0.15) is 5.48 Å². The molecule has 0 aromatic rings. The van der Waals surface area contributed by atoms with Crippen molar-refractivity contribution in [2.75, 3.05) is 6.54 Å². The second-order valence-corrected chi connectivity index (χ2v) is 3.53. The van der Waals surface area contributed by atoms with E-state index in [9.17, 15) is 9.59 Å². The van der Waals surface area contributed by atoms with Gasteiger partial charge in [0.1, 0.15) is 0 Å². The van der Waals surface area contributed by atoms with Gasteiger partial charge in [-0.1, -0.05) is 13.0 Å². The normalized spacial score (nSPS) is 11.7. The van der Waals surface area contributed by atoms with Crippen molar-refractivity contribution in [3.05, 3.63) is 12.2 Å². The quantitative estimate of drug-likeness (QED) is 0.326. The molecular formula is C10H19N3O3. The minimum atomic E-state index is -0.690. The smallest absolute Gasteiger partial charge is 0.336 e. The Bertz CT molecular complexity index is 266. The summed E-state index contributed by atoms with van der Waals surface area (Å²) in [5.41, 5.74) is 13.0. The van der Waals surface area contributed by atoms with E-state index in [1.54, 1.807) is 0 Å². The van der Waals surface area contributed by atoms with Gasteiger partial charge >= 0.3 is 5.97 Å². The molecule has 0 saturated carbocycles. The van der Waals surface area contributed by atoms with E-state index in [0.29, 0.717) is 13.0 Å². The molecule has 0 fully saturated rings. The fourth-order valence-electron chi connectivity index (χ4n) is 0.899.